The van der Waals surface area contributed by atoms with E-state index < -0.39 is 0 Å². The first-order chi connectivity index (χ1) is 12.5. The lowest BCUT2D eigenvalue weighted by molar-refractivity contribution is -0.120. The van der Waals surface area contributed by atoms with Crippen molar-refractivity contribution in [2.75, 3.05) is 5.32 Å². The van der Waals surface area contributed by atoms with Gasteiger partial charge in [0.2, 0.25) is 11.8 Å². The molecule has 3 aromatic rings. The molecule has 0 radical (unpaired) electrons. The molecule has 0 bridgehead atoms. The van der Waals surface area contributed by atoms with Crippen LogP contribution in [0.2, 0.25) is 0 Å². The normalized spacial score (nSPS) is 11.9. The molecular formula is C18H19N3O2S3. The molecule has 26 heavy (non-hydrogen) atoms. The molecule has 0 fully saturated rings. The van der Waals surface area contributed by atoms with Crippen molar-refractivity contribution < 1.29 is 9.59 Å². The van der Waals surface area contributed by atoms with Gasteiger partial charge in [-0.05, 0) is 30.0 Å². The molecule has 3 aromatic heterocycles. The highest BCUT2D eigenvalue weighted by Gasteiger charge is 2.19. The van der Waals surface area contributed by atoms with Crippen molar-refractivity contribution in [2.24, 2.45) is 0 Å². The molecule has 0 saturated heterocycles. The highest BCUT2D eigenvalue weighted by molar-refractivity contribution is 7.17. The van der Waals surface area contributed by atoms with Gasteiger partial charge in [-0.3, -0.25) is 9.59 Å². The molecule has 0 unspecified atom stereocenters. The largest absolute Gasteiger partial charge is 0.348 e. The second kappa shape index (κ2) is 8.57. The summed E-state index contributed by atoms with van der Waals surface area (Å²) in [5.74, 6) is -0.323. The van der Waals surface area contributed by atoms with Gasteiger partial charge < -0.3 is 10.6 Å². The number of hydrogen-bond donors (Lipinski definition) is 2. The summed E-state index contributed by atoms with van der Waals surface area (Å²) >= 11 is 4.65. The topological polar surface area (TPSA) is 71.1 Å². The van der Waals surface area contributed by atoms with Crippen LogP contribution in [0.5, 0.6) is 0 Å². The maximum atomic E-state index is 12.4. The second-order valence-corrected chi connectivity index (χ2v) is 8.68. The average Bonchev–Trinajstić information content (AvgIpc) is 3.34. The summed E-state index contributed by atoms with van der Waals surface area (Å²) in [7, 11) is 0. The van der Waals surface area contributed by atoms with E-state index in [1.54, 1.807) is 11.3 Å². The Balaban J connectivity index is 1.64. The number of nitrogens with zero attached hydrogens (tertiary/aromatic N) is 1. The fraction of sp³-hybridized carbons (Fsp3) is 0.278. The summed E-state index contributed by atoms with van der Waals surface area (Å²) < 4.78 is 0. The Morgan fingerprint density at radius 3 is 2.73 bits per heavy atom. The predicted octanol–water partition coefficient (Wildman–Crippen LogP) is 4.70. The summed E-state index contributed by atoms with van der Waals surface area (Å²) in [4.78, 5) is 31.7. The Bertz CT molecular complexity index is 883. The Morgan fingerprint density at radius 2 is 2.08 bits per heavy atom. The van der Waals surface area contributed by atoms with Crippen molar-refractivity contribution in [3.8, 4) is 10.6 Å². The van der Waals surface area contributed by atoms with Crippen molar-refractivity contribution in [1.29, 1.82) is 0 Å². The van der Waals surface area contributed by atoms with Crippen LogP contribution in [0.25, 0.3) is 10.6 Å². The zero-order chi connectivity index (χ0) is 18.5. The van der Waals surface area contributed by atoms with E-state index in [0.717, 1.165) is 21.9 Å². The van der Waals surface area contributed by atoms with Crippen molar-refractivity contribution in [2.45, 2.75) is 32.7 Å². The number of carbonyl (C=O) groups excluding carboxylic acids is 2. The molecule has 3 heterocycles. The summed E-state index contributed by atoms with van der Waals surface area (Å²) in [6, 6.07) is 7.68. The van der Waals surface area contributed by atoms with Crippen LogP contribution in [0, 0.1) is 0 Å². The SMILES string of the molecule is CCc1ccc(-c2csc(NC(=O)C[C@H](NC(C)=O)c3cccs3)n2)s1. The van der Waals surface area contributed by atoms with E-state index >= 15 is 0 Å². The van der Waals surface area contributed by atoms with Crippen LogP contribution in [0.3, 0.4) is 0 Å². The zero-order valence-corrected chi connectivity index (χ0v) is 16.9. The standard InChI is InChI=1S/C18H19N3O2S3/c1-3-12-6-7-16(26-12)14-10-25-18(20-14)21-17(23)9-13(19-11(2)22)15-5-4-8-24-15/h4-8,10,13H,3,9H2,1-2H3,(H,19,22)(H,20,21,23)/t13-/m0/s1. The van der Waals surface area contributed by atoms with Crippen molar-refractivity contribution >= 4 is 51.0 Å². The van der Waals surface area contributed by atoms with Gasteiger partial charge in [0.1, 0.15) is 0 Å². The smallest absolute Gasteiger partial charge is 0.228 e. The first kappa shape index (κ1) is 18.8. The highest BCUT2D eigenvalue weighted by Crippen LogP contribution is 2.31. The Labute approximate surface area is 164 Å². The van der Waals surface area contributed by atoms with Crippen molar-refractivity contribution in [1.82, 2.24) is 10.3 Å². The van der Waals surface area contributed by atoms with Gasteiger partial charge in [0.15, 0.2) is 5.13 Å². The fourth-order valence-corrected chi connectivity index (χ4v) is 4.95. The Morgan fingerprint density at radius 1 is 1.23 bits per heavy atom. The first-order valence-electron chi connectivity index (χ1n) is 8.20. The van der Waals surface area contributed by atoms with Gasteiger partial charge in [-0.15, -0.1) is 34.0 Å². The molecule has 0 aliphatic heterocycles. The number of thiazole rings is 1. The number of nitrogens with one attached hydrogen (secondary N) is 2. The molecule has 2 amide bonds. The lowest BCUT2D eigenvalue weighted by Crippen LogP contribution is -2.29. The lowest BCUT2D eigenvalue weighted by Gasteiger charge is -2.15. The third-order valence-corrected chi connectivity index (χ3v) is 6.66. The maximum absolute atomic E-state index is 12.4. The Kier molecular flexibility index (Phi) is 6.18. The van der Waals surface area contributed by atoms with E-state index in [4.69, 9.17) is 0 Å². The van der Waals surface area contributed by atoms with E-state index in [1.807, 2.05) is 22.9 Å². The minimum Gasteiger partial charge on any atom is -0.348 e. The van der Waals surface area contributed by atoms with Gasteiger partial charge in [0.05, 0.1) is 23.0 Å². The number of hydrogen-bond acceptors (Lipinski definition) is 6. The number of anilines is 1. The van der Waals surface area contributed by atoms with Crippen LogP contribution in [0.4, 0.5) is 5.13 Å². The summed E-state index contributed by atoms with van der Waals surface area (Å²) in [5, 5.41) is 10.1. The molecule has 0 aliphatic carbocycles. The van der Waals surface area contributed by atoms with Gasteiger partial charge in [-0.25, -0.2) is 4.98 Å². The maximum Gasteiger partial charge on any atom is 0.228 e. The van der Waals surface area contributed by atoms with Crippen LogP contribution in [-0.4, -0.2) is 16.8 Å². The highest BCUT2D eigenvalue weighted by atomic mass is 32.1. The van der Waals surface area contributed by atoms with E-state index in [1.165, 1.54) is 34.5 Å². The number of carbonyl (C=O) groups is 2. The number of rotatable bonds is 7. The van der Waals surface area contributed by atoms with Gasteiger partial charge in [0, 0.05) is 22.1 Å². The Hall–Kier alpha value is -2.03. The summed E-state index contributed by atoms with van der Waals surface area (Å²) in [5.41, 5.74) is 0.881. The van der Waals surface area contributed by atoms with Crippen LogP contribution in [0.15, 0.2) is 35.0 Å². The average molecular weight is 406 g/mol. The van der Waals surface area contributed by atoms with Gasteiger partial charge in [-0.2, -0.15) is 0 Å². The van der Waals surface area contributed by atoms with Crippen molar-refractivity contribution in [3.05, 3.63) is 44.8 Å². The fourth-order valence-electron chi connectivity index (χ4n) is 2.46. The molecule has 5 nitrogen and oxygen atoms in total. The van der Waals surface area contributed by atoms with Gasteiger partial charge in [-0.1, -0.05) is 13.0 Å². The minimum absolute atomic E-state index is 0.155. The van der Waals surface area contributed by atoms with Gasteiger partial charge in [0.25, 0.3) is 0 Å². The van der Waals surface area contributed by atoms with Crippen LogP contribution < -0.4 is 10.6 Å². The molecule has 0 saturated carbocycles. The van der Waals surface area contributed by atoms with E-state index in [9.17, 15) is 9.59 Å². The van der Waals surface area contributed by atoms with E-state index in [-0.39, 0.29) is 24.3 Å². The summed E-state index contributed by atoms with van der Waals surface area (Å²) in [6.07, 6.45) is 1.18. The molecule has 136 valence electrons. The molecule has 0 aliphatic rings. The van der Waals surface area contributed by atoms with Crippen LogP contribution in [0.1, 0.15) is 36.1 Å². The molecule has 2 N–H and O–H groups in total. The molecule has 0 spiro atoms. The molecule has 8 heteroatoms. The van der Waals surface area contributed by atoms with E-state index in [0.29, 0.717) is 5.13 Å². The zero-order valence-electron chi connectivity index (χ0n) is 14.4. The number of amides is 2. The summed E-state index contributed by atoms with van der Waals surface area (Å²) in [6.45, 7) is 3.58. The van der Waals surface area contributed by atoms with Crippen LogP contribution >= 0.6 is 34.0 Å². The van der Waals surface area contributed by atoms with Crippen LogP contribution in [-0.2, 0) is 16.0 Å². The van der Waals surface area contributed by atoms with Crippen molar-refractivity contribution in [3.63, 3.8) is 0 Å². The molecule has 1 atom stereocenters. The quantitative estimate of drug-likeness (QED) is 0.598. The number of aromatic nitrogens is 1. The third-order valence-electron chi connectivity index (χ3n) is 3.67. The van der Waals surface area contributed by atoms with Gasteiger partial charge >= 0.3 is 0 Å². The van der Waals surface area contributed by atoms with E-state index in [2.05, 4.69) is 34.7 Å². The second-order valence-electron chi connectivity index (χ2n) is 5.68. The monoisotopic (exact) mass is 405 g/mol. The molecule has 0 aromatic carbocycles. The lowest BCUT2D eigenvalue weighted by atomic mass is 10.1. The molecule has 3 rings (SSSR count). The first-order valence-corrected chi connectivity index (χ1v) is 10.8. The number of aryl methyl sites for hydroxylation is 1. The minimum atomic E-state index is -0.323. The number of thiophene rings is 2. The third kappa shape index (κ3) is 4.78. The predicted molar refractivity (Wildman–Crippen MR) is 109 cm³/mol. The molecular weight excluding hydrogens is 386 g/mol.